The Morgan fingerprint density at radius 3 is 2.47 bits per heavy atom. The standard InChI is InChI=1S/C13H10O.Nb/c14-11-5-6-13-10(8-11)7-9-3-1-2-4-12(9)13;/h1-6,8,14H,7H2;. The van der Waals surface area contributed by atoms with Crippen molar-refractivity contribution < 1.29 is 27.5 Å². The van der Waals surface area contributed by atoms with Crippen molar-refractivity contribution in [3.8, 4) is 16.9 Å². The number of benzene rings is 2. The van der Waals surface area contributed by atoms with E-state index in [0.717, 1.165) is 6.42 Å². The van der Waals surface area contributed by atoms with Crippen LogP contribution in [0.5, 0.6) is 5.75 Å². The van der Waals surface area contributed by atoms with Crippen molar-refractivity contribution in [1.29, 1.82) is 0 Å². The Morgan fingerprint density at radius 2 is 1.60 bits per heavy atom. The van der Waals surface area contributed by atoms with E-state index in [1.54, 1.807) is 6.07 Å². The van der Waals surface area contributed by atoms with Crippen LogP contribution in [0.2, 0.25) is 0 Å². The summed E-state index contributed by atoms with van der Waals surface area (Å²) in [4.78, 5) is 0. The fraction of sp³-hybridized carbons (Fsp3) is 0.0769. The summed E-state index contributed by atoms with van der Waals surface area (Å²) in [5.41, 5.74) is 5.15. The maximum Gasteiger partial charge on any atom is 0.115 e. The van der Waals surface area contributed by atoms with E-state index in [4.69, 9.17) is 0 Å². The van der Waals surface area contributed by atoms with Gasteiger partial charge in [0.25, 0.3) is 0 Å². The number of hydrogen-bond donors (Lipinski definition) is 1. The molecule has 1 aliphatic carbocycles. The average molecular weight is 275 g/mol. The summed E-state index contributed by atoms with van der Waals surface area (Å²) in [7, 11) is 0. The molecule has 0 aliphatic heterocycles. The van der Waals surface area contributed by atoms with Crippen molar-refractivity contribution in [1.82, 2.24) is 0 Å². The Morgan fingerprint density at radius 1 is 0.867 bits per heavy atom. The van der Waals surface area contributed by atoms with Gasteiger partial charge >= 0.3 is 0 Å². The van der Waals surface area contributed by atoms with Gasteiger partial charge in [0, 0.05) is 22.4 Å². The van der Waals surface area contributed by atoms with Crippen molar-refractivity contribution in [2.75, 3.05) is 0 Å². The molecule has 0 aromatic heterocycles. The summed E-state index contributed by atoms with van der Waals surface area (Å²) < 4.78 is 0. The third kappa shape index (κ3) is 1.63. The molecule has 2 heteroatoms. The van der Waals surface area contributed by atoms with Crippen molar-refractivity contribution in [2.24, 2.45) is 0 Å². The van der Waals surface area contributed by atoms with Crippen molar-refractivity contribution in [2.45, 2.75) is 6.42 Å². The molecule has 1 nitrogen and oxygen atoms in total. The first-order chi connectivity index (χ1) is 6.84. The maximum absolute atomic E-state index is 9.38. The summed E-state index contributed by atoms with van der Waals surface area (Å²) >= 11 is 0. The zero-order valence-electron chi connectivity index (χ0n) is 8.14. The Kier molecular flexibility index (Phi) is 2.70. The number of phenols is 1. The van der Waals surface area contributed by atoms with Gasteiger partial charge in [0.1, 0.15) is 5.75 Å². The molecule has 0 fully saturated rings. The molecule has 0 heterocycles. The maximum atomic E-state index is 9.38. The van der Waals surface area contributed by atoms with Crippen LogP contribution in [-0.4, -0.2) is 5.11 Å². The Labute approximate surface area is 104 Å². The third-order valence-electron chi connectivity index (χ3n) is 2.78. The minimum atomic E-state index is 0. The van der Waals surface area contributed by atoms with E-state index >= 15 is 0 Å². The molecule has 73 valence electrons. The number of hydrogen-bond acceptors (Lipinski definition) is 1. The summed E-state index contributed by atoms with van der Waals surface area (Å²) in [6, 6.07) is 14.0. The van der Waals surface area contributed by atoms with Crippen LogP contribution in [0.25, 0.3) is 11.1 Å². The fourth-order valence-electron chi connectivity index (χ4n) is 2.13. The number of rotatable bonds is 0. The van der Waals surface area contributed by atoms with Gasteiger partial charge in [-0.05, 0) is 40.8 Å². The number of aromatic hydroxyl groups is 1. The van der Waals surface area contributed by atoms with Crippen molar-refractivity contribution >= 4 is 0 Å². The van der Waals surface area contributed by atoms with Crippen molar-refractivity contribution in [3.05, 3.63) is 53.6 Å². The van der Waals surface area contributed by atoms with Gasteiger partial charge in [-0.2, -0.15) is 0 Å². The SMILES string of the molecule is Oc1ccc2c(c1)Cc1ccccc1-2.[Nb]. The van der Waals surface area contributed by atoms with Crippen molar-refractivity contribution in [3.63, 3.8) is 0 Å². The first kappa shape index (κ1) is 10.5. The van der Waals surface area contributed by atoms with E-state index in [0.29, 0.717) is 5.75 Å². The molecule has 0 atom stereocenters. The number of phenolic OH excluding ortho intramolecular Hbond substituents is 1. The number of fused-ring (bicyclic) bond motifs is 3. The largest absolute Gasteiger partial charge is 0.508 e. The Balaban J connectivity index is 0.000000853. The van der Waals surface area contributed by atoms with Gasteiger partial charge in [0.05, 0.1) is 0 Å². The van der Waals surface area contributed by atoms with E-state index in [-0.39, 0.29) is 22.4 Å². The summed E-state index contributed by atoms with van der Waals surface area (Å²) in [5, 5.41) is 9.38. The molecular weight excluding hydrogens is 265 g/mol. The van der Waals surface area contributed by atoms with Gasteiger partial charge in [-0.3, -0.25) is 0 Å². The molecule has 3 rings (SSSR count). The topological polar surface area (TPSA) is 20.2 Å². The minimum Gasteiger partial charge on any atom is -0.508 e. The van der Waals surface area contributed by atoms with Gasteiger partial charge in [-0.25, -0.2) is 0 Å². The first-order valence-corrected chi connectivity index (χ1v) is 4.75. The zero-order chi connectivity index (χ0) is 9.54. The zero-order valence-corrected chi connectivity index (χ0v) is 10.3. The summed E-state index contributed by atoms with van der Waals surface area (Å²) in [6.45, 7) is 0. The Hall–Kier alpha value is -1.02. The molecule has 0 amide bonds. The molecule has 1 radical (unpaired) electrons. The normalized spacial score (nSPS) is 11.5. The van der Waals surface area contributed by atoms with Crippen LogP contribution >= 0.6 is 0 Å². The Bertz CT molecular complexity index is 506. The smallest absolute Gasteiger partial charge is 0.115 e. The van der Waals surface area contributed by atoms with Crippen LogP contribution < -0.4 is 0 Å². The van der Waals surface area contributed by atoms with Crippen LogP contribution in [-0.2, 0) is 28.8 Å². The summed E-state index contributed by atoms with van der Waals surface area (Å²) in [5.74, 6) is 0.358. The van der Waals surface area contributed by atoms with Gasteiger partial charge in [-0.1, -0.05) is 30.3 Å². The minimum absolute atomic E-state index is 0. The van der Waals surface area contributed by atoms with E-state index in [1.807, 2.05) is 12.1 Å². The van der Waals surface area contributed by atoms with E-state index < -0.39 is 0 Å². The van der Waals surface area contributed by atoms with E-state index in [2.05, 4.69) is 24.3 Å². The molecule has 2 aromatic rings. The van der Waals surface area contributed by atoms with Crippen LogP contribution in [0, 0.1) is 0 Å². The molecule has 0 unspecified atom stereocenters. The van der Waals surface area contributed by atoms with E-state index in [9.17, 15) is 5.11 Å². The van der Waals surface area contributed by atoms with Crippen LogP contribution in [0.15, 0.2) is 42.5 Å². The molecule has 15 heavy (non-hydrogen) atoms. The van der Waals surface area contributed by atoms with Gasteiger partial charge in [-0.15, -0.1) is 0 Å². The molecule has 0 spiro atoms. The van der Waals surface area contributed by atoms with Gasteiger partial charge in [0.15, 0.2) is 0 Å². The van der Waals surface area contributed by atoms with E-state index in [1.165, 1.54) is 22.3 Å². The molecule has 0 bridgehead atoms. The second kappa shape index (κ2) is 3.86. The van der Waals surface area contributed by atoms with Gasteiger partial charge < -0.3 is 5.11 Å². The fourth-order valence-corrected chi connectivity index (χ4v) is 2.13. The second-order valence-electron chi connectivity index (χ2n) is 3.68. The van der Waals surface area contributed by atoms with Gasteiger partial charge in [0.2, 0.25) is 0 Å². The van der Waals surface area contributed by atoms with Crippen LogP contribution in [0.3, 0.4) is 0 Å². The summed E-state index contributed by atoms with van der Waals surface area (Å²) in [6.07, 6.45) is 0.944. The molecular formula is C13H10NbO. The molecule has 1 N–H and O–H groups in total. The molecule has 0 saturated carbocycles. The molecule has 2 aromatic carbocycles. The molecule has 0 saturated heterocycles. The predicted octanol–water partition coefficient (Wildman–Crippen LogP) is 2.96. The predicted molar refractivity (Wildman–Crippen MR) is 56.3 cm³/mol. The molecule has 1 aliphatic rings. The third-order valence-corrected chi connectivity index (χ3v) is 2.78. The first-order valence-electron chi connectivity index (χ1n) is 4.75. The quantitative estimate of drug-likeness (QED) is 0.625. The average Bonchev–Trinajstić information content (AvgIpc) is 2.54. The second-order valence-corrected chi connectivity index (χ2v) is 3.68. The van der Waals surface area contributed by atoms with Crippen LogP contribution in [0.1, 0.15) is 11.1 Å². The monoisotopic (exact) mass is 275 g/mol. The van der Waals surface area contributed by atoms with Crippen LogP contribution in [0.4, 0.5) is 0 Å².